The molecule has 0 saturated heterocycles. The van der Waals surface area contributed by atoms with E-state index in [0.717, 1.165) is 35.6 Å². The third-order valence-corrected chi connectivity index (χ3v) is 8.29. The Kier molecular flexibility index (Phi) is 14.3. The smallest absolute Gasteiger partial charge is 0.238 e. The molecule has 0 unspecified atom stereocenters. The molecule has 7 rings (SSSR count). The van der Waals surface area contributed by atoms with Crippen LogP contribution in [-0.2, 0) is 30.1 Å². The van der Waals surface area contributed by atoms with Gasteiger partial charge in [0.25, 0.3) is 0 Å². The Morgan fingerprint density at radius 1 is 0.588 bits per heavy atom. The minimum Gasteiger partial charge on any atom is -0.266 e. The summed E-state index contributed by atoms with van der Waals surface area (Å²) in [6, 6.07) is 16.4. The fraction of sp³-hybridized carbons (Fsp3) is 0. The first-order valence-electron chi connectivity index (χ1n) is 13.5. The zero-order chi connectivity index (χ0) is 37.3. The molecule has 0 saturated carbocycles. The Bertz CT molecular complexity index is 2140. The van der Waals surface area contributed by atoms with Gasteiger partial charge >= 0.3 is 0 Å². The topological polar surface area (TPSA) is 325 Å². The number of nitrogens with zero attached hydrogens (tertiary/aromatic N) is 10. The van der Waals surface area contributed by atoms with Gasteiger partial charge in [0.15, 0.2) is 0 Å². The van der Waals surface area contributed by atoms with Crippen LogP contribution in [0.5, 0.6) is 0 Å². The average molecular weight is 762 g/mol. The standard InChI is InChI=1S/2C8H8N4O2S.C6H6FNO2S.2C2H3N3/c9-15(13,14)8-3-1-7(2-4-8)12-6-10-5-11-12;9-15(13,14)8-3-1-7(2-4-8)12-6-5-10-11-12;7-5-1-3-6(4-2-5)11(8,9)10;1-3-2-5-4-1;1-2-4-5-3-1/h2*1-6H,(H2,9,13,14);1-4H,(H2,8,9,10);2*1-2H,(H,3,4,5). The molecule has 268 valence electrons. The number of halogens is 1. The first-order valence-corrected chi connectivity index (χ1v) is 18.1. The first-order chi connectivity index (χ1) is 24.1. The summed E-state index contributed by atoms with van der Waals surface area (Å²) >= 11 is 0. The lowest BCUT2D eigenvalue weighted by Crippen LogP contribution is -2.12. The van der Waals surface area contributed by atoms with Crippen LogP contribution in [0.1, 0.15) is 0 Å². The molecule has 7 aromatic rings. The van der Waals surface area contributed by atoms with Crippen LogP contribution in [0, 0.1) is 5.82 Å². The van der Waals surface area contributed by atoms with E-state index >= 15 is 0 Å². The summed E-state index contributed by atoms with van der Waals surface area (Å²) < 4.78 is 80.4. The normalized spacial score (nSPS) is 10.8. The highest BCUT2D eigenvalue weighted by Gasteiger charge is 2.08. The third-order valence-electron chi connectivity index (χ3n) is 5.51. The van der Waals surface area contributed by atoms with E-state index in [9.17, 15) is 29.6 Å². The second kappa shape index (κ2) is 18.6. The molecule has 0 fully saturated rings. The zero-order valence-corrected chi connectivity index (χ0v) is 28.3. The van der Waals surface area contributed by atoms with Gasteiger partial charge in [-0.3, -0.25) is 5.10 Å². The van der Waals surface area contributed by atoms with Gasteiger partial charge in [0.05, 0.1) is 50.8 Å². The van der Waals surface area contributed by atoms with Crippen LogP contribution in [0.2, 0.25) is 0 Å². The van der Waals surface area contributed by atoms with Gasteiger partial charge in [0, 0.05) is 0 Å². The summed E-state index contributed by atoms with van der Waals surface area (Å²) in [5, 5.41) is 41.3. The number of benzene rings is 3. The van der Waals surface area contributed by atoms with Crippen molar-refractivity contribution in [1.82, 2.24) is 60.4 Å². The van der Waals surface area contributed by atoms with Gasteiger partial charge < -0.3 is 0 Å². The van der Waals surface area contributed by atoms with E-state index in [1.807, 2.05) is 0 Å². The molecule has 0 radical (unpaired) electrons. The molecule has 8 N–H and O–H groups in total. The summed E-state index contributed by atoms with van der Waals surface area (Å²) in [4.78, 5) is 7.40. The van der Waals surface area contributed by atoms with Gasteiger partial charge in [-0.15, -0.1) is 5.10 Å². The molecule has 0 amide bonds. The van der Waals surface area contributed by atoms with Gasteiger partial charge in [-0.05, 0) is 72.8 Å². The van der Waals surface area contributed by atoms with Crippen molar-refractivity contribution >= 4 is 30.1 Å². The minimum absolute atomic E-state index is 0.0753. The Labute approximate surface area is 289 Å². The Morgan fingerprint density at radius 2 is 1.08 bits per heavy atom. The number of hydrogen-bond donors (Lipinski definition) is 5. The SMILES string of the molecule is NS(=O)(=O)c1ccc(-n2ccnn2)cc1.NS(=O)(=O)c1ccc(-n2cncn2)cc1.NS(=O)(=O)c1ccc(F)cc1.c1cn[nH]n1.c1nc[nH]n1. The van der Waals surface area contributed by atoms with E-state index < -0.39 is 35.9 Å². The minimum atomic E-state index is -3.69. The van der Waals surface area contributed by atoms with Crippen molar-refractivity contribution in [2.24, 2.45) is 15.4 Å². The Hall–Kier alpha value is -6.12. The monoisotopic (exact) mass is 761 g/mol. The van der Waals surface area contributed by atoms with E-state index in [1.165, 1.54) is 65.1 Å². The van der Waals surface area contributed by atoms with Crippen LogP contribution in [0.4, 0.5) is 4.39 Å². The molecule has 0 aliphatic rings. The Balaban J connectivity index is 0.000000183. The number of primary sulfonamides is 3. The molecule has 25 heteroatoms. The van der Waals surface area contributed by atoms with Crippen LogP contribution in [-0.4, -0.2) is 85.6 Å². The lowest BCUT2D eigenvalue weighted by Gasteiger charge is -2.01. The number of H-pyrrole nitrogens is 2. The lowest BCUT2D eigenvalue weighted by atomic mass is 10.3. The molecule has 0 atom stereocenters. The second-order valence-corrected chi connectivity index (χ2v) is 13.8. The predicted molar refractivity (Wildman–Crippen MR) is 176 cm³/mol. The molecule has 21 nitrogen and oxygen atoms in total. The molecule has 4 aromatic heterocycles. The van der Waals surface area contributed by atoms with Crippen molar-refractivity contribution in [2.45, 2.75) is 14.7 Å². The molecule has 0 aliphatic heterocycles. The molecule has 3 aromatic carbocycles. The van der Waals surface area contributed by atoms with Crippen molar-refractivity contribution in [3.63, 3.8) is 0 Å². The van der Waals surface area contributed by atoms with Gasteiger partial charge in [0.2, 0.25) is 30.1 Å². The zero-order valence-electron chi connectivity index (χ0n) is 25.8. The highest BCUT2D eigenvalue weighted by molar-refractivity contribution is 7.89. The van der Waals surface area contributed by atoms with E-state index in [1.54, 1.807) is 42.9 Å². The number of aromatic nitrogens is 12. The van der Waals surface area contributed by atoms with Gasteiger partial charge in [-0.2, -0.15) is 25.6 Å². The molecule has 0 spiro atoms. The average Bonchev–Trinajstić information content (AvgIpc) is 3.95. The van der Waals surface area contributed by atoms with E-state index in [0.29, 0.717) is 0 Å². The van der Waals surface area contributed by atoms with Crippen molar-refractivity contribution in [3.05, 3.63) is 129 Å². The van der Waals surface area contributed by atoms with Crippen molar-refractivity contribution in [2.75, 3.05) is 0 Å². The largest absolute Gasteiger partial charge is 0.266 e. The number of nitrogens with two attached hydrogens (primary N) is 3. The maximum absolute atomic E-state index is 12.2. The summed E-state index contributed by atoms with van der Waals surface area (Å²) in [6.07, 6.45) is 12.2. The molecule has 51 heavy (non-hydrogen) atoms. The second-order valence-electron chi connectivity index (χ2n) is 9.07. The van der Waals surface area contributed by atoms with Crippen molar-refractivity contribution in [3.8, 4) is 11.4 Å². The quantitative estimate of drug-likeness (QED) is 0.153. The molecule has 0 aliphatic carbocycles. The Morgan fingerprint density at radius 3 is 1.39 bits per heavy atom. The van der Waals surface area contributed by atoms with Crippen LogP contribution in [0.3, 0.4) is 0 Å². The fourth-order valence-corrected chi connectivity index (χ4v) is 4.77. The highest BCUT2D eigenvalue weighted by Crippen LogP contribution is 2.12. The number of aromatic amines is 2. The van der Waals surface area contributed by atoms with E-state index in [2.05, 4.69) is 51.0 Å². The molecule has 0 bridgehead atoms. The summed E-state index contributed by atoms with van der Waals surface area (Å²) in [5.74, 6) is -0.489. The first kappa shape index (κ1) is 39.3. The summed E-state index contributed by atoms with van der Waals surface area (Å²) in [6.45, 7) is 0. The van der Waals surface area contributed by atoms with Gasteiger partial charge in [-0.1, -0.05) is 5.21 Å². The van der Waals surface area contributed by atoms with Crippen LogP contribution in [0.15, 0.2) is 138 Å². The predicted octanol–water partition coefficient (Wildman–Crippen LogP) is -0.0881. The van der Waals surface area contributed by atoms with Crippen molar-refractivity contribution < 1.29 is 29.6 Å². The molecule has 4 heterocycles. The number of nitrogens with one attached hydrogen (secondary N) is 2. The number of rotatable bonds is 5. The van der Waals surface area contributed by atoms with Gasteiger partial charge in [-0.25, -0.2) is 64.4 Å². The van der Waals surface area contributed by atoms with Gasteiger partial charge in [0.1, 0.15) is 31.1 Å². The third kappa shape index (κ3) is 14.1. The number of sulfonamides is 3. The maximum atomic E-state index is 12.2. The van der Waals surface area contributed by atoms with Crippen LogP contribution in [0.25, 0.3) is 11.4 Å². The maximum Gasteiger partial charge on any atom is 0.238 e. The van der Waals surface area contributed by atoms with E-state index in [-0.39, 0.29) is 14.7 Å². The fourth-order valence-electron chi connectivity index (χ4n) is 3.22. The van der Waals surface area contributed by atoms with Crippen LogP contribution >= 0.6 is 0 Å². The highest BCUT2D eigenvalue weighted by atomic mass is 32.2. The summed E-state index contributed by atoms with van der Waals surface area (Å²) in [7, 11) is -11.0. The number of hydrogen-bond acceptors (Lipinski definition) is 14. The lowest BCUT2D eigenvalue weighted by molar-refractivity contribution is 0.595. The molecular weight excluding hydrogens is 734 g/mol. The summed E-state index contributed by atoms with van der Waals surface area (Å²) in [5.41, 5.74) is 1.44. The van der Waals surface area contributed by atoms with Crippen molar-refractivity contribution in [1.29, 1.82) is 0 Å². The molecular formula is C26H28FN15O6S3. The van der Waals surface area contributed by atoms with Crippen LogP contribution < -0.4 is 15.4 Å². The van der Waals surface area contributed by atoms with E-state index in [4.69, 9.17) is 15.4 Å².